The molecule has 1 heterocycles. The Morgan fingerprint density at radius 1 is 0.833 bits per heavy atom. The van der Waals surface area contributed by atoms with Gasteiger partial charge in [-0.3, -0.25) is 4.57 Å². The van der Waals surface area contributed by atoms with Gasteiger partial charge in [0.25, 0.3) is 0 Å². The van der Waals surface area contributed by atoms with Gasteiger partial charge >= 0.3 is 0 Å². The second-order valence-electron chi connectivity index (χ2n) is 5.66. The highest BCUT2D eigenvalue weighted by molar-refractivity contribution is 9.10. The number of benzene rings is 2. The first kappa shape index (κ1) is 15.1. The molecular formula is C20H16BrN3. The van der Waals surface area contributed by atoms with Gasteiger partial charge in [-0.05, 0) is 37.1 Å². The van der Waals surface area contributed by atoms with Crippen LogP contribution in [0.4, 0.5) is 0 Å². The first-order chi connectivity index (χ1) is 11.8. The van der Waals surface area contributed by atoms with E-state index in [0.717, 1.165) is 45.8 Å². The Balaban J connectivity index is 1.91. The van der Waals surface area contributed by atoms with Crippen molar-refractivity contribution in [1.29, 1.82) is 0 Å². The van der Waals surface area contributed by atoms with Crippen molar-refractivity contribution in [2.45, 2.75) is 12.8 Å². The zero-order chi connectivity index (χ0) is 16.4. The summed E-state index contributed by atoms with van der Waals surface area (Å²) in [5.74, 6) is 1.73. The van der Waals surface area contributed by atoms with Crippen molar-refractivity contribution < 1.29 is 0 Å². The van der Waals surface area contributed by atoms with Gasteiger partial charge in [0.05, 0.1) is 0 Å². The fraction of sp³-hybridized carbons (Fsp3) is 0.100. The van der Waals surface area contributed by atoms with E-state index >= 15 is 0 Å². The quantitative estimate of drug-likeness (QED) is 0.609. The van der Waals surface area contributed by atoms with Crippen molar-refractivity contribution in [3.05, 3.63) is 83.1 Å². The van der Waals surface area contributed by atoms with Gasteiger partial charge in [-0.1, -0.05) is 64.5 Å². The van der Waals surface area contributed by atoms with Crippen LogP contribution in [0.1, 0.15) is 18.7 Å². The van der Waals surface area contributed by atoms with Crippen LogP contribution in [-0.2, 0) is 0 Å². The minimum atomic E-state index is 0.851. The molecule has 1 aliphatic rings. The van der Waals surface area contributed by atoms with E-state index in [1.807, 2.05) is 30.3 Å². The molecule has 24 heavy (non-hydrogen) atoms. The van der Waals surface area contributed by atoms with Gasteiger partial charge < -0.3 is 0 Å². The molecule has 4 heteroatoms. The standard InChI is InChI=1S/C20H16BrN3/c21-17-13-11-16(12-14-17)20-23-22-19(15-7-3-1-4-8-15)24(20)18-9-5-2-6-10-18/h2-3,5-14H,1,4H2. The lowest BCUT2D eigenvalue weighted by Gasteiger charge is -2.12. The topological polar surface area (TPSA) is 30.7 Å². The summed E-state index contributed by atoms with van der Waals surface area (Å²) in [6, 6.07) is 18.4. The van der Waals surface area contributed by atoms with Crippen LogP contribution >= 0.6 is 15.9 Å². The van der Waals surface area contributed by atoms with Crippen LogP contribution < -0.4 is 0 Å². The highest BCUT2D eigenvalue weighted by Crippen LogP contribution is 2.29. The number of hydrogen-bond donors (Lipinski definition) is 0. The summed E-state index contributed by atoms with van der Waals surface area (Å²) in [6.07, 6.45) is 8.69. The Hall–Kier alpha value is -2.46. The number of nitrogens with zero attached hydrogens (tertiary/aromatic N) is 3. The maximum absolute atomic E-state index is 4.50. The fourth-order valence-corrected chi connectivity index (χ4v) is 3.12. The SMILES string of the molecule is Brc1ccc(-c2nnc(C3=CCCC=C3)n2-c2ccccc2)cc1. The normalized spacial score (nSPS) is 13.8. The van der Waals surface area contributed by atoms with Crippen LogP contribution in [0, 0.1) is 0 Å². The van der Waals surface area contributed by atoms with Crippen LogP contribution in [0.2, 0.25) is 0 Å². The average Bonchev–Trinajstić information content (AvgIpc) is 3.09. The summed E-state index contributed by atoms with van der Waals surface area (Å²) in [7, 11) is 0. The van der Waals surface area contributed by atoms with Gasteiger partial charge in [-0.25, -0.2) is 0 Å². The molecule has 0 aliphatic heterocycles. The van der Waals surface area contributed by atoms with Gasteiger partial charge in [-0.15, -0.1) is 10.2 Å². The lowest BCUT2D eigenvalue weighted by molar-refractivity contribution is 0.997. The summed E-state index contributed by atoms with van der Waals surface area (Å²) in [6.45, 7) is 0. The second kappa shape index (κ2) is 6.57. The Bertz CT molecular complexity index is 906. The third-order valence-corrected chi connectivity index (χ3v) is 4.56. The first-order valence-corrected chi connectivity index (χ1v) is 8.76. The Labute approximate surface area is 149 Å². The highest BCUT2D eigenvalue weighted by Gasteiger charge is 2.18. The number of aromatic nitrogens is 3. The van der Waals surface area contributed by atoms with Crippen molar-refractivity contribution in [1.82, 2.24) is 14.8 Å². The predicted octanol–water partition coefficient (Wildman–Crippen LogP) is 5.43. The first-order valence-electron chi connectivity index (χ1n) is 7.97. The maximum Gasteiger partial charge on any atom is 0.168 e. The molecule has 2 aromatic carbocycles. The van der Waals surface area contributed by atoms with Crippen molar-refractivity contribution in [3.8, 4) is 17.1 Å². The van der Waals surface area contributed by atoms with Crippen LogP contribution in [0.3, 0.4) is 0 Å². The smallest absolute Gasteiger partial charge is 0.168 e. The molecule has 0 unspecified atom stereocenters. The molecule has 1 aliphatic carbocycles. The van der Waals surface area contributed by atoms with Crippen LogP contribution in [0.25, 0.3) is 22.6 Å². The van der Waals surface area contributed by atoms with E-state index < -0.39 is 0 Å². The Kier molecular flexibility index (Phi) is 4.13. The minimum Gasteiger partial charge on any atom is -0.275 e. The third kappa shape index (κ3) is 2.85. The summed E-state index contributed by atoms with van der Waals surface area (Å²) < 4.78 is 3.18. The molecule has 0 saturated heterocycles. The van der Waals surface area contributed by atoms with E-state index in [1.54, 1.807) is 0 Å². The van der Waals surface area contributed by atoms with E-state index in [4.69, 9.17) is 0 Å². The van der Waals surface area contributed by atoms with Gasteiger partial charge in [0, 0.05) is 21.3 Å². The Morgan fingerprint density at radius 2 is 1.58 bits per heavy atom. The molecule has 0 fully saturated rings. The number of rotatable bonds is 3. The maximum atomic E-state index is 4.50. The molecule has 0 amide bonds. The van der Waals surface area contributed by atoms with Crippen LogP contribution in [0.15, 0.2) is 77.3 Å². The van der Waals surface area contributed by atoms with E-state index in [2.05, 4.69) is 73.2 Å². The lowest BCUT2D eigenvalue weighted by Crippen LogP contribution is -2.03. The molecule has 118 valence electrons. The predicted molar refractivity (Wildman–Crippen MR) is 101 cm³/mol. The van der Waals surface area contributed by atoms with Crippen molar-refractivity contribution in [2.24, 2.45) is 0 Å². The molecule has 0 radical (unpaired) electrons. The summed E-state index contributed by atoms with van der Waals surface area (Å²) in [4.78, 5) is 0. The van der Waals surface area contributed by atoms with E-state index in [1.165, 1.54) is 0 Å². The number of halogens is 1. The van der Waals surface area contributed by atoms with E-state index in [-0.39, 0.29) is 0 Å². The molecule has 1 aromatic heterocycles. The average molecular weight is 378 g/mol. The zero-order valence-corrected chi connectivity index (χ0v) is 14.6. The van der Waals surface area contributed by atoms with Gasteiger partial charge in [0.15, 0.2) is 11.6 Å². The molecule has 0 N–H and O–H groups in total. The second-order valence-corrected chi connectivity index (χ2v) is 6.58. The molecule has 0 bridgehead atoms. The molecule has 3 nitrogen and oxygen atoms in total. The molecule has 0 saturated carbocycles. The molecule has 0 atom stereocenters. The van der Waals surface area contributed by atoms with Crippen molar-refractivity contribution in [2.75, 3.05) is 0 Å². The molecule has 3 aromatic rings. The summed E-state index contributed by atoms with van der Waals surface area (Å²) in [5.41, 5.74) is 3.23. The Morgan fingerprint density at radius 3 is 2.29 bits per heavy atom. The molecular weight excluding hydrogens is 362 g/mol. The zero-order valence-electron chi connectivity index (χ0n) is 13.1. The summed E-state index contributed by atoms with van der Waals surface area (Å²) >= 11 is 3.49. The highest BCUT2D eigenvalue weighted by atomic mass is 79.9. The van der Waals surface area contributed by atoms with Gasteiger partial charge in [0.2, 0.25) is 0 Å². The lowest BCUT2D eigenvalue weighted by atomic mass is 10.1. The molecule has 0 spiro atoms. The van der Waals surface area contributed by atoms with E-state index in [0.29, 0.717) is 0 Å². The van der Waals surface area contributed by atoms with Crippen LogP contribution in [0.5, 0.6) is 0 Å². The number of hydrogen-bond acceptors (Lipinski definition) is 2. The number of para-hydroxylation sites is 1. The fourth-order valence-electron chi connectivity index (χ4n) is 2.86. The number of allylic oxidation sites excluding steroid dienone is 4. The van der Waals surface area contributed by atoms with Gasteiger partial charge in [-0.2, -0.15) is 0 Å². The van der Waals surface area contributed by atoms with Gasteiger partial charge in [0.1, 0.15) is 0 Å². The van der Waals surface area contributed by atoms with Crippen molar-refractivity contribution in [3.63, 3.8) is 0 Å². The minimum absolute atomic E-state index is 0.851. The van der Waals surface area contributed by atoms with Crippen molar-refractivity contribution >= 4 is 21.5 Å². The molecule has 4 rings (SSSR count). The van der Waals surface area contributed by atoms with Crippen LogP contribution in [-0.4, -0.2) is 14.8 Å². The monoisotopic (exact) mass is 377 g/mol. The largest absolute Gasteiger partial charge is 0.275 e. The summed E-state index contributed by atoms with van der Waals surface area (Å²) in [5, 5.41) is 8.99. The van der Waals surface area contributed by atoms with E-state index in [9.17, 15) is 0 Å². The third-order valence-electron chi connectivity index (χ3n) is 4.03.